The van der Waals surface area contributed by atoms with E-state index in [9.17, 15) is 18.0 Å². The van der Waals surface area contributed by atoms with Crippen LogP contribution in [0.15, 0.2) is 45.6 Å². The second-order valence-corrected chi connectivity index (χ2v) is 7.93. The number of rotatable bonds is 6. The van der Waals surface area contributed by atoms with Crippen molar-refractivity contribution in [2.45, 2.75) is 10.1 Å². The number of aliphatic imine (C=N–C) groups is 1. The number of imide groups is 1. The van der Waals surface area contributed by atoms with Gasteiger partial charge in [0.15, 0.2) is 0 Å². The zero-order chi connectivity index (χ0) is 18.0. The number of ether oxygens (including phenoxy) is 1. The quantitative estimate of drug-likeness (QED) is 0.788. The number of carbonyl (C=O) groups excluding carboxylic acids is 2. The van der Waals surface area contributed by atoms with Crippen LogP contribution in [-0.4, -0.2) is 56.4 Å². The zero-order valence-electron chi connectivity index (χ0n) is 13.2. The SMILES string of the molecule is COc1ccccc1S(=O)(=O)NCCN1C(=O)N=C2C=CSC2C1=O. The lowest BCUT2D eigenvalue weighted by Gasteiger charge is -2.26. The van der Waals surface area contributed by atoms with E-state index >= 15 is 0 Å². The van der Waals surface area contributed by atoms with Crippen molar-refractivity contribution in [3.8, 4) is 5.75 Å². The third-order valence-corrected chi connectivity index (χ3v) is 6.16. The maximum absolute atomic E-state index is 12.4. The Bertz CT molecular complexity index is 879. The maximum atomic E-state index is 12.4. The molecule has 0 fully saturated rings. The summed E-state index contributed by atoms with van der Waals surface area (Å²) in [6.45, 7) is -0.215. The molecule has 1 atom stereocenters. The largest absolute Gasteiger partial charge is 0.495 e. The molecule has 0 aromatic heterocycles. The summed E-state index contributed by atoms with van der Waals surface area (Å²) >= 11 is 1.27. The average molecular weight is 381 g/mol. The van der Waals surface area contributed by atoms with E-state index in [-0.39, 0.29) is 29.6 Å². The molecule has 0 aliphatic carbocycles. The lowest BCUT2D eigenvalue weighted by atomic mass is 10.2. The molecule has 0 saturated carbocycles. The highest BCUT2D eigenvalue weighted by atomic mass is 32.2. The second-order valence-electron chi connectivity index (χ2n) is 5.18. The monoisotopic (exact) mass is 381 g/mol. The Morgan fingerprint density at radius 3 is 2.84 bits per heavy atom. The molecule has 0 bridgehead atoms. The van der Waals surface area contributed by atoms with Crippen LogP contribution in [0.5, 0.6) is 5.75 Å². The molecule has 0 radical (unpaired) electrons. The molecule has 25 heavy (non-hydrogen) atoms. The van der Waals surface area contributed by atoms with Crippen LogP contribution in [-0.2, 0) is 14.8 Å². The minimum Gasteiger partial charge on any atom is -0.495 e. The minimum absolute atomic E-state index is 0.00958. The molecule has 3 amide bonds. The van der Waals surface area contributed by atoms with Gasteiger partial charge in [0, 0.05) is 13.1 Å². The van der Waals surface area contributed by atoms with Crippen molar-refractivity contribution in [2.24, 2.45) is 4.99 Å². The van der Waals surface area contributed by atoms with Gasteiger partial charge >= 0.3 is 6.03 Å². The van der Waals surface area contributed by atoms with Gasteiger partial charge in [-0.25, -0.2) is 17.9 Å². The number of hydrogen-bond acceptors (Lipinski definition) is 6. The highest BCUT2D eigenvalue weighted by Crippen LogP contribution is 2.27. The van der Waals surface area contributed by atoms with Gasteiger partial charge in [-0.3, -0.25) is 9.69 Å². The van der Waals surface area contributed by atoms with Crippen molar-refractivity contribution in [3.63, 3.8) is 0 Å². The molecule has 1 N–H and O–H groups in total. The lowest BCUT2D eigenvalue weighted by molar-refractivity contribution is -0.126. The first-order valence-corrected chi connectivity index (χ1v) is 9.75. The molecule has 1 aromatic carbocycles. The maximum Gasteiger partial charge on any atom is 0.350 e. The number of para-hydroxylation sites is 1. The number of fused-ring (bicyclic) bond motifs is 1. The molecule has 1 unspecified atom stereocenters. The summed E-state index contributed by atoms with van der Waals surface area (Å²) in [4.78, 5) is 29.1. The fraction of sp³-hybridized carbons (Fsp3) is 0.267. The fourth-order valence-corrected chi connectivity index (χ4v) is 4.53. The predicted molar refractivity (Wildman–Crippen MR) is 93.2 cm³/mol. The first-order chi connectivity index (χ1) is 11.9. The van der Waals surface area contributed by atoms with Gasteiger partial charge in [0.05, 0.1) is 12.8 Å². The Balaban J connectivity index is 1.67. The number of nitrogens with zero attached hydrogens (tertiary/aromatic N) is 2. The van der Waals surface area contributed by atoms with Gasteiger partial charge in [-0.1, -0.05) is 12.1 Å². The summed E-state index contributed by atoms with van der Waals surface area (Å²) in [6, 6.07) is 5.50. The van der Waals surface area contributed by atoms with Crippen LogP contribution < -0.4 is 9.46 Å². The fourth-order valence-electron chi connectivity index (χ4n) is 2.45. The predicted octanol–water partition coefficient (Wildman–Crippen LogP) is 1.01. The standard InChI is InChI=1S/C15H15N3O5S2/c1-23-11-4-2-3-5-12(11)25(21,22)16-7-8-18-14(19)13-10(6-9-24-13)17-15(18)20/h2-6,9,13,16H,7-8H2,1H3. The Hall–Kier alpha value is -2.17. The van der Waals surface area contributed by atoms with Crippen LogP contribution >= 0.6 is 11.8 Å². The van der Waals surface area contributed by atoms with Gasteiger partial charge in [0.2, 0.25) is 15.9 Å². The Morgan fingerprint density at radius 1 is 1.32 bits per heavy atom. The molecule has 0 spiro atoms. The third-order valence-electron chi connectivity index (χ3n) is 3.65. The Kier molecular flexibility index (Phi) is 4.93. The van der Waals surface area contributed by atoms with Crippen LogP contribution in [0.2, 0.25) is 0 Å². The summed E-state index contributed by atoms with van der Waals surface area (Å²) in [5.41, 5.74) is 0.436. The van der Waals surface area contributed by atoms with Gasteiger partial charge in [-0.2, -0.15) is 4.99 Å². The molecule has 2 heterocycles. The summed E-state index contributed by atoms with van der Waals surface area (Å²) in [7, 11) is -2.46. The van der Waals surface area contributed by atoms with Crippen molar-refractivity contribution in [1.82, 2.24) is 9.62 Å². The van der Waals surface area contributed by atoms with Gasteiger partial charge < -0.3 is 4.74 Å². The number of allylic oxidation sites excluding steroid dienone is 1. The van der Waals surface area contributed by atoms with Gasteiger partial charge in [0.25, 0.3) is 0 Å². The number of nitrogens with one attached hydrogen (secondary N) is 1. The normalized spacial score (nSPS) is 19.8. The number of carbonyl (C=O) groups is 2. The van der Waals surface area contributed by atoms with E-state index in [1.807, 2.05) is 0 Å². The number of thioether (sulfide) groups is 1. The Morgan fingerprint density at radius 2 is 2.08 bits per heavy atom. The second kappa shape index (κ2) is 6.98. The first-order valence-electron chi connectivity index (χ1n) is 7.32. The lowest BCUT2D eigenvalue weighted by Crippen LogP contribution is -2.49. The number of benzene rings is 1. The molecule has 10 heteroatoms. The van der Waals surface area contributed by atoms with Crippen molar-refractivity contribution >= 4 is 39.4 Å². The van der Waals surface area contributed by atoms with Crippen molar-refractivity contribution in [2.75, 3.05) is 20.2 Å². The summed E-state index contributed by atoms with van der Waals surface area (Å²) < 4.78 is 32.2. The van der Waals surface area contributed by atoms with Gasteiger partial charge in [-0.15, -0.1) is 11.8 Å². The molecule has 3 rings (SSSR count). The number of urea groups is 1. The van der Waals surface area contributed by atoms with Crippen LogP contribution in [0.3, 0.4) is 0 Å². The third kappa shape index (κ3) is 3.46. The molecular weight excluding hydrogens is 366 g/mol. The highest BCUT2D eigenvalue weighted by molar-refractivity contribution is 8.04. The van der Waals surface area contributed by atoms with E-state index in [0.29, 0.717) is 5.71 Å². The van der Waals surface area contributed by atoms with Crippen molar-refractivity contribution in [1.29, 1.82) is 0 Å². The number of hydrogen-bond donors (Lipinski definition) is 1. The highest BCUT2D eigenvalue weighted by Gasteiger charge is 2.38. The van der Waals surface area contributed by atoms with E-state index in [2.05, 4.69) is 9.71 Å². The van der Waals surface area contributed by atoms with E-state index in [1.54, 1.807) is 23.6 Å². The molecule has 2 aliphatic rings. The van der Waals surface area contributed by atoms with Crippen LogP contribution in [0, 0.1) is 0 Å². The molecule has 2 aliphatic heterocycles. The number of amides is 3. The average Bonchev–Trinajstić information content (AvgIpc) is 3.06. The number of sulfonamides is 1. The molecule has 8 nitrogen and oxygen atoms in total. The van der Waals surface area contributed by atoms with Gasteiger partial charge in [-0.05, 0) is 23.6 Å². The van der Waals surface area contributed by atoms with E-state index < -0.39 is 21.3 Å². The summed E-state index contributed by atoms with van der Waals surface area (Å²) in [5.74, 6) is -0.177. The van der Waals surface area contributed by atoms with E-state index in [1.165, 1.54) is 31.0 Å². The van der Waals surface area contributed by atoms with Crippen LogP contribution in [0.25, 0.3) is 0 Å². The van der Waals surface area contributed by atoms with Crippen molar-refractivity contribution in [3.05, 3.63) is 35.7 Å². The van der Waals surface area contributed by atoms with Crippen molar-refractivity contribution < 1.29 is 22.7 Å². The molecule has 1 aromatic rings. The van der Waals surface area contributed by atoms with E-state index in [0.717, 1.165) is 4.90 Å². The topological polar surface area (TPSA) is 105 Å². The summed E-state index contributed by atoms with van der Waals surface area (Å²) in [5, 5.41) is 1.19. The molecule has 0 saturated heterocycles. The zero-order valence-corrected chi connectivity index (χ0v) is 14.8. The molecule has 132 valence electrons. The number of methoxy groups -OCH3 is 1. The summed E-state index contributed by atoms with van der Waals surface area (Å²) in [6.07, 6.45) is 1.63. The smallest absolute Gasteiger partial charge is 0.350 e. The van der Waals surface area contributed by atoms with Gasteiger partial charge in [0.1, 0.15) is 15.9 Å². The van der Waals surface area contributed by atoms with Crippen LogP contribution in [0.1, 0.15) is 0 Å². The minimum atomic E-state index is -3.83. The first kappa shape index (κ1) is 17.6. The molecular formula is C15H15N3O5S2. The van der Waals surface area contributed by atoms with E-state index in [4.69, 9.17) is 4.74 Å². The van der Waals surface area contributed by atoms with Crippen LogP contribution in [0.4, 0.5) is 4.79 Å². The Labute approximate surface area is 149 Å².